The lowest BCUT2D eigenvalue weighted by Crippen LogP contribution is -2.01. The summed E-state index contributed by atoms with van der Waals surface area (Å²) in [6, 6.07) is 14.2. The minimum absolute atomic E-state index is 0.309. The minimum Gasteiger partial charge on any atom is -0.465 e. The van der Waals surface area contributed by atoms with Crippen molar-refractivity contribution in [2.24, 2.45) is 0 Å². The summed E-state index contributed by atoms with van der Waals surface area (Å²) in [6.45, 7) is 0. The largest absolute Gasteiger partial charge is 0.465 e. The van der Waals surface area contributed by atoms with Crippen LogP contribution in [0.25, 0.3) is 33.2 Å². The fraction of sp³-hybridized carbons (Fsp3) is 0.150. The van der Waals surface area contributed by atoms with Crippen molar-refractivity contribution in [2.45, 2.75) is 12.8 Å². The highest BCUT2D eigenvalue weighted by molar-refractivity contribution is 6.06. The molecule has 2 aromatic carbocycles. The van der Waals surface area contributed by atoms with Crippen LogP contribution < -0.4 is 0 Å². The van der Waals surface area contributed by atoms with Crippen molar-refractivity contribution in [3.05, 3.63) is 59.2 Å². The van der Waals surface area contributed by atoms with E-state index in [-0.39, 0.29) is 5.97 Å². The minimum atomic E-state index is -0.309. The lowest BCUT2D eigenvalue weighted by Gasteiger charge is -2.12. The molecular formula is C20H16N2O2. The molecule has 0 bridgehead atoms. The molecule has 1 aliphatic rings. The number of H-pyrrole nitrogens is 2. The zero-order valence-corrected chi connectivity index (χ0v) is 13.3. The third-order valence-corrected chi connectivity index (χ3v) is 5.04. The zero-order valence-electron chi connectivity index (χ0n) is 13.3. The van der Waals surface area contributed by atoms with E-state index < -0.39 is 0 Å². The Morgan fingerprint density at radius 1 is 0.917 bits per heavy atom. The molecule has 0 fully saturated rings. The van der Waals surface area contributed by atoms with Gasteiger partial charge >= 0.3 is 5.97 Å². The molecule has 24 heavy (non-hydrogen) atoms. The number of hydrogen-bond donors (Lipinski definition) is 2. The normalized spacial score (nSPS) is 13.0. The van der Waals surface area contributed by atoms with Gasteiger partial charge in [-0.05, 0) is 36.1 Å². The molecule has 1 aliphatic carbocycles. The Labute approximate surface area is 138 Å². The molecular weight excluding hydrogens is 300 g/mol. The monoisotopic (exact) mass is 316 g/mol. The number of nitrogens with one attached hydrogen (secondary N) is 2. The van der Waals surface area contributed by atoms with Crippen molar-refractivity contribution >= 4 is 27.8 Å². The van der Waals surface area contributed by atoms with Gasteiger partial charge in [0.2, 0.25) is 0 Å². The molecule has 0 radical (unpaired) electrons. The Kier molecular flexibility index (Phi) is 2.65. The lowest BCUT2D eigenvalue weighted by atomic mass is 9.92. The summed E-state index contributed by atoms with van der Waals surface area (Å²) in [7, 11) is 1.42. The molecule has 0 atom stereocenters. The van der Waals surface area contributed by atoms with Gasteiger partial charge in [-0.2, -0.15) is 0 Å². The van der Waals surface area contributed by atoms with Crippen LogP contribution in [0.3, 0.4) is 0 Å². The molecule has 2 aromatic heterocycles. The highest BCUT2D eigenvalue weighted by atomic mass is 16.5. The Morgan fingerprint density at radius 2 is 1.62 bits per heavy atom. The van der Waals surface area contributed by atoms with E-state index in [4.69, 9.17) is 4.74 Å². The first kappa shape index (κ1) is 13.4. The van der Waals surface area contributed by atoms with Crippen LogP contribution in [0.1, 0.15) is 21.5 Å². The second-order valence-electron chi connectivity index (χ2n) is 6.22. The average Bonchev–Trinajstić information content (AvgIpc) is 3.19. The zero-order chi connectivity index (χ0) is 16.3. The van der Waals surface area contributed by atoms with Gasteiger partial charge in [0.15, 0.2) is 0 Å². The highest BCUT2D eigenvalue weighted by Crippen LogP contribution is 2.40. The Hall–Kier alpha value is -3.01. The van der Waals surface area contributed by atoms with Crippen molar-refractivity contribution in [1.82, 2.24) is 9.97 Å². The molecule has 4 nitrogen and oxygen atoms in total. The molecule has 0 aliphatic heterocycles. The van der Waals surface area contributed by atoms with Gasteiger partial charge in [-0.3, -0.25) is 0 Å². The molecule has 5 rings (SSSR count). The number of fused-ring (bicyclic) bond motifs is 7. The maximum atomic E-state index is 12.1. The third-order valence-electron chi connectivity index (χ3n) is 5.04. The van der Waals surface area contributed by atoms with Crippen molar-refractivity contribution in [1.29, 1.82) is 0 Å². The summed E-state index contributed by atoms with van der Waals surface area (Å²) in [5.74, 6) is -0.309. The molecule has 2 heterocycles. The number of methoxy groups -OCH3 is 1. The van der Waals surface area contributed by atoms with E-state index in [0.29, 0.717) is 5.56 Å². The molecule has 0 saturated carbocycles. The van der Waals surface area contributed by atoms with Crippen LogP contribution >= 0.6 is 0 Å². The van der Waals surface area contributed by atoms with E-state index in [0.717, 1.165) is 40.6 Å². The molecule has 0 unspecified atom stereocenters. The molecule has 0 saturated heterocycles. The molecule has 118 valence electrons. The quantitative estimate of drug-likeness (QED) is 0.517. The van der Waals surface area contributed by atoms with Crippen LogP contribution in [0.15, 0.2) is 42.5 Å². The lowest BCUT2D eigenvalue weighted by molar-refractivity contribution is 0.0603. The van der Waals surface area contributed by atoms with Crippen molar-refractivity contribution < 1.29 is 9.53 Å². The van der Waals surface area contributed by atoms with Gasteiger partial charge in [-0.15, -0.1) is 0 Å². The van der Waals surface area contributed by atoms with Crippen LogP contribution in [0.4, 0.5) is 0 Å². The predicted octanol–water partition coefficient (Wildman–Crippen LogP) is 4.20. The first-order valence-corrected chi connectivity index (χ1v) is 8.09. The summed E-state index contributed by atoms with van der Waals surface area (Å²) >= 11 is 0. The number of aromatic nitrogens is 2. The van der Waals surface area contributed by atoms with Crippen LogP contribution in [-0.2, 0) is 17.6 Å². The number of rotatable bonds is 1. The van der Waals surface area contributed by atoms with E-state index in [1.54, 1.807) is 0 Å². The maximum absolute atomic E-state index is 12.1. The summed E-state index contributed by atoms with van der Waals surface area (Å²) in [5, 5.41) is 2.39. The number of ether oxygens (including phenoxy) is 1. The summed E-state index contributed by atoms with van der Waals surface area (Å²) in [6.07, 6.45) is 1.97. The highest BCUT2D eigenvalue weighted by Gasteiger charge is 2.25. The van der Waals surface area contributed by atoms with Gasteiger partial charge in [-0.25, -0.2) is 4.79 Å². The standard InChI is InChI=1S/C20H16N2O2/c1-24-20(23)15-7-4-6-12-14-10-9-13-11-5-2-3-8-16(11)21-18(13)19(14)22-17(12)15/h2-8,21-22H,9-10H2,1H3. The van der Waals surface area contributed by atoms with Crippen molar-refractivity contribution in [3.8, 4) is 11.4 Å². The summed E-state index contributed by atoms with van der Waals surface area (Å²) in [4.78, 5) is 19.1. The van der Waals surface area contributed by atoms with E-state index in [9.17, 15) is 4.79 Å². The predicted molar refractivity (Wildman–Crippen MR) is 94.3 cm³/mol. The fourth-order valence-electron chi connectivity index (χ4n) is 3.95. The van der Waals surface area contributed by atoms with Gasteiger partial charge in [0, 0.05) is 16.3 Å². The molecule has 4 heteroatoms. The third kappa shape index (κ3) is 1.65. The number of para-hydroxylation sites is 2. The van der Waals surface area contributed by atoms with Crippen LogP contribution in [0.2, 0.25) is 0 Å². The van der Waals surface area contributed by atoms with Crippen LogP contribution in [0, 0.1) is 0 Å². The number of esters is 1. The number of carbonyl (C=O) groups excluding carboxylic acids is 1. The summed E-state index contributed by atoms with van der Waals surface area (Å²) < 4.78 is 4.93. The number of aryl methyl sites for hydroxylation is 2. The van der Waals surface area contributed by atoms with E-state index >= 15 is 0 Å². The van der Waals surface area contributed by atoms with E-state index in [2.05, 4.69) is 34.2 Å². The number of aromatic amines is 2. The maximum Gasteiger partial charge on any atom is 0.339 e. The second-order valence-corrected chi connectivity index (χ2v) is 6.22. The molecule has 0 amide bonds. The number of benzene rings is 2. The SMILES string of the molecule is COC(=O)c1cccc2c3c([nH]c12)-c1[nH]c2ccccc2c1CC3. The number of hydrogen-bond acceptors (Lipinski definition) is 2. The Balaban J connectivity index is 1.83. The van der Waals surface area contributed by atoms with Crippen molar-refractivity contribution in [3.63, 3.8) is 0 Å². The van der Waals surface area contributed by atoms with Gasteiger partial charge in [0.25, 0.3) is 0 Å². The Morgan fingerprint density at radius 3 is 2.46 bits per heavy atom. The van der Waals surface area contributed by atoms with Gasteiger partial charge in [0.1, 0.15) is 0 Å². The average molecular weight is 316 g/mol. The fourth-order valence-corrected chi connectivity index (χ4v) is 3.95. The summed E-state index contributed by atoms with van der Waals surface area (Å²) in [5.41, 5.74) is 7.47. The second kappa shape index (κ2) is 4.74. The molecule has 2 N–H and O–H groups in total. The number of carbonyl (C=O) groups is 1. The van der Waals surface area contributed by atoms with Gasteiger partial charge < -0.3 is 14.7 Å². The van der Waals surface area contributed by atoms with Crippen LogP contribution in [0.5, 0.6) is 0 Å². The van der Waals surface area contributed by atoms with Gasteiger partial charge in [0.05, 0.1) is 29.6 Å². The van der Waals surface area contributed by atoms with E-state index in [1.165, 1.54) is 23.6 Å². The van der Waals surface area contributed by atoms with Gasteiger partial charge in [-0.1, -0.05) is 30.3 Å². The van der Waals surface area contributed by atoms with Crippen molar-refractivity contribution in [2.75, 3.05) is 7.11 Å². The Bertz CT molecular complexity index is 1120. The first-order chi connectivity index (χ1) is 11.8. The van der Waals surface area contributed by atoms with E-state index in [1.807, 2.05) is 18.2 Å². The topological polar surface area (TPSA) is 57.9 Å². The molecule has 4 aromatic rings. The smallest absolute Gasteiger partial charge is 0.339 e. The molecule has 0 spiro atoms. The first-order valence-electron chi connectivity index (χ1n) is 8.09. The van der Waals surface area contributed by atoms with Crippen LogP contribution in [-0.4, -0.2) is 23.0 Å².